The molecule has 0 atom stereocenters. The fraction of sp³-hybridized carbons (Fsp3) is 0.0769. The van der Waals surface area contributed by atoms with E-state index < -0.39 is 23.8 Å². The van der Waals surface area contributed by atoms with Crippen LogP contribution in [0.25, 0.3) is 6.08 Å². The molecule has 0 aliphatic carbocycles. The number of hydrogen-bond donors (Lipinski definition) is 1. The van der Waals surface area contributed by atoms with Crippen molar-refractivity contribution in [3.8, 4) is 11.5 Å². The Kier molecular flexibility index (Phi) is 6.79. The van der Waals surface area contributed by atoms with Gasteiger partial charge >= 0.3 is 12.0 Å². The van der Waals surface area contributed by atoms with Crippen LogP contribution in [0.2, 0.25) is 0 Å². The maximum absolute atomic E-state index is 13.1. The minimum absolute atomic E-state index is 0.165. The smallest absolute Gasteiger partial charge is 0.343 e. The quantitative estimate of drug-likeness (QED) is 0.221. The zero-order valence-electron chi connectivity index (χ0n) is 18.7. The summed E-state index contributed by atoms with van der Waals surface area (Å²) in [6, 6.07) is 17.2. The predicted molar refractivity (Wildman–Crippen MR) is 132 cm³/mol. The van der Waals surface area contributed by atoms with Crippen LogP contribution in [-0.4, -0.2) is 30.9 Å². The summed E-state index contributed by atoms with van der Waals surface area (Å²) in [4.78, 5) is 51.2. The summed E-state index contributed by atoms with van der Waals surface area (Å²) in [6.45, 7) is 1.88. The molecule has 1 N–H and O–H groups in total. The maximum Gasteiger partial charge on any atom is 0.343 e. The Bertz CT molecular complexity index is 1360. The zero-order chi connectivity index (χ0) is 25.1. The van der Waals surface area contributed by atoms with Crippen LogP contribution >= 0.6 is 15.9 Å². The fourth-order valence-electron chi connectivity index (χ4n) is 3.36. The van der Waals surface area contributed by atoms with Gasteiger partial charge in [0.2, 0.25) is 0 Å². The van der Waals surface area contributed by atoms with Gasteiger partial charge in [-0.2, -0.15) is 0 Å². The second-order valence-electron chi connectivity index (χ2n) is 7.60. The number of nitrogens with zero attached hydrogens (tertiary/aromatic N) is 1. The van der Waals surface area contributed by atoms with Crippen LogP contribution < -0.4 is 19.7 Å². The molecule has 1 saturated heterocycles. The summed E-state index contributed by atoms with van der Waals surface area (Å²) in [5.74, 6) is -1.75. The summed E-state index contributed by atoms with van der Waals surface area (Å²) in [5, 5.41) is 2.19. The molecule has 0 radical (unpaired) electrons. The van der Waals surface area contributed by atoms with Crippen molar-refractivity contribution in [2.45, 2.75) is 6.92 Å². The monoisotopic (exact) mass is 534 g/mol. The van der Waals surface area contributed by atoms with Crippen LogP contribution in [0.4, 0.5) is 10.5 Å². The number of urea groups is 1. The molecule has 0 saturated carbocycles. The van der Waals surface area contributed by atoms with Gasteiger partial charge in [-0.15, -0.1) is 0 Å². The minimum atomic E-state index is -0.825. The highest BCUT2D eigenvalue weighted by atomic mass is 79.9. The van der Waals surface area contributed by atoms with Crippen molar-refractivity contribution in [3.05, 3.63) is 93.5 Å². The number of aryl methyl sites for hydroxylation is 1. The SMILES string of the molecule is COc1cc(/C=C2\C(=O)NC(=O)N(c3ccc(C)cc3)C2=O)ccc1OC(=O)c1ccc(Br)cc1. The second-order valence-corrected chi connectivity index (χ2v) is 8.52. The van der Waals surface area contributed by atoms with Gasteiger partial charge in [0.25, 0.3) is 11.8 Å². The van der Waals surface area contributed by atoms with Gasteiger partial charge in [0.15, 0.2) is 11.5 Å². The minimum Gasteiger partial charge on any atom is -0.493 e. The van der Waals surface area contributed by atoms with Gasteiger partial charge in [-0.25, -0.2) is 14.5 Å². The molecule has 1 fully saturated rings. The van der Waals surface area contributed by atoms with Gasteiger partial charge in [-0.05, 0) is 67.1 Å². The zero-order valence-corrected chi connectivity index (χ0v) is 20.3. The number of carbonyl (C=O) groups excluding carboxylic acids is 4. The molecule has 0 unspecified atom stereocenters. The third-order valence-electron chi connectivity index (χ3n) is 5.18. The first kappa shape index (κ1) is 23.9. The lowest BCUT2D eigenvalue weighted by Gasteiger charge is -2.26. The van der Waals surface area contributed by atoms with Crippen LogP contribution in [0.5, 0.6) is 11.5 Å². The van der Waals surface area contributed by atoms with E-state index >= 15 is 0 Å². The van der Waals surface area contributed by atoms with Crippen LogP contribution in [0.1, 0.15) is 21.5 Å². The van der Waals surface area contributed by atoms with E-state index in [4.69, 9.17) is 9.47 Å². The number of hydrogen-bond acceptors (Lipinski definition) is 6. The van der Waals surface area contributed by atoms with E-state index in [1.807, 2.05) is 6.92 Å². The number of methoxy groups -OCH3 is 1. The van der Waals surface area contributed by atoms with E-state index in [1.165, 1.54) is 25.3 Å². The van der Waals surface area contributed by atoms with Gasteiger partial charge in [-0.1, -0.05) is 39.7 Å². The summed E-state index contributed by atoms with van der Waals surface area (Å²) in [7, 11) is 1.40. The third kappa shape index (κ3) is 5.15. The predicted octanol–water partition coefficient (Wildman–Crippen LogP) is 4.65. The Labute approximate surface area is 209 Å². The lowest BCUT2D eigenvalue weighted by Crippen LogP contribution is -2.54. The Balaban J connectivity index is 1.61. The van der Waals surface area contributed by atoms with Crippen LogP contribution in [0.3, 0.4) is 0 Å². The third-order valence-corrected chi connectivity index (χ3v) is 5.70. The van der Waals surface area contributed by atoms with Crippen LogP contribution in [0, 0.1) is 6.92 Å². The molecule has 1 heterocycles. The number of amides is 4. The molecule has 4 rings (SSSR count). The number of imide groups is 2. The highest BCUT2D eigenvalue weighted by Crippen LogP contribution is 2.30. The summed E-state index contributed by atoms with van der Waals surface area (Å²) in [5.41, 5.74) is 1.85. The average molecular weight is 535 g/mol. The van der Waals surface area contributed by atoms with Gasteiger partial charge in [0.1, 0.15) is 5.57 Å². The molecular formula is C26H19BrN2O6. The van der Waals surface area contributed by atoms with E-state index in [2.05, 4.69) is 21.2 Å². The Morgan fingerprint density at radius 3 is 2.29 bits per heavy atom. The van der Waals surface area contributed by atoms with E-state index in [0.29, 0.717) is 16.8 Å². The molecule has 8 nitrogen and oxygen atoms in total. The number of anilines is 1. The van der Waals surface area contributed by atoms with Gasteiger partial charge in [-0.3, -0.25) is 14.9 Å². The second kappa shape index (κ2) is 9.94. The van der Waals surface area contributed by atoms with E-state index in [1.54, 1.807) is 54.6 Å². The Hall–Kier alpha value is -4.24. The Morgan fingerprint density at radius 1 is 0.943 bits per heavy atom. The normalized spacial score (nSPS) is 14.7. The van der Waals surface area contributed by atoms with Gasteiger partial charge < -0.3 is 9.47 Å². The lowest BCUT2D eigenvalue weighted by atomic mass is 10.1. The van der Waals surface area contributed by atoms with Crippen molar-refractivity contribution in [2.24, 2.45) is 0 Å². The molecule has 176 valence electrons. The fourth-order valence-corrected chi connectivity index (χ4v) is 3.62. The highest BCUT2D eigenvalue weighted by molar-refractivity contribution is 9.10. The molecular weight excluding hydrogens is 516 g/mol. The summed E-state index contributed by atoms with van der Waals surface area (Å²) < 4.78 is 11.6. The number of rotatable bonds is 5. The number of nitrogens with one attached hydrogen (secondary N) is 1. The largest absolute Gasteiger partial charge is 0.493 e. The number of esters is 1. The van der Waals surface area contributed by atoms with Gasteiger partial charge in [0.05, 0.1) is 18.4 Å². The first-order valence-corrected chi connectivity index (χ1v) is 11.2. The molecule has 3 aromatic rings. The molecule has 4 amide bonds. The van der Waals surface area contributed by atoms with Crippen molar-refractivity contribution in [2.75, 3.05) is 12.0 Å². The molecule has 9 heteroatoms. The Morgan fingerprint density at radius 2 is 1.63 bits per heavy atom. The van der Waals surface area contributed by atoms with Crippen molar-refractivity contribution < 1.29 is 28.7 Å². The standard InChI is InChI=1S/C26H19BrN2O6/c1-15-3-10-19(11-4-15)29-24(31)20(23(30)28-26(29)33)13-16-5-12-21(22(14-16)34-2)35-25(32)17-6-8-18(27)9-7-17/h3-14H,1-2H3,(H,28,30,33)/b20-13+. The first-order chi connectivity index (χ1) is 16.8. The molecule has 0 bridgehead atoms. The number of halogens is 1. The van der Waals surface area contributed by atoms with Crippen LogP contribution in [0.15, 0.2) is 76.8 Å². The summed E-state index contributed by atoms with van der Waals surface area (Å²) in [6.07, 6.45) is 1.34. The van der Waals surface area contributed by atoms with Gasteiger partial charge in [0, 0.05) is 4.47 Å². The topological polar surface area (TPSA) is 102 Å². The molecule has 3 aromatic carbocycles. The maximum atomic E-state index is 13.1. The van der Waals surface area contributed by atoms with Crippen molar-refractivity contribution >= 4 is 51.5 Å². The van der Waals surface area contributed by atoms with Crippen molar-refractivity contribution in [1.82, 2.24) is 5.32 Å². The summed E-state index contributed by atoms with van der Waals surface area (Å²) >= 11 is 3.31. The number of carbonyl (C=O) groups is 4. The first-order valence-electron chi connectivity index (χ1n) is 10.4. The molecule has 1 aliphatic heterocycles. The van der Waals surface area contributed by atoms with E-state index in [0.717, 1.165) is 14.9 Å². The number of barbiturate groups is 1. The number of benzene rings is 3. The highest BCUT2D eigenvalue weighted by Gasteiger charge is 2.36. The average Bonchev–Trinajstić information content (AvgIpc) is 2.84. The van der Waals surface area contributed by atoms with Crippen molar-refractivity contribution in [1.29, 1.82) is 0 Å². The molecule has 35 heavy (non-hydrogen) atoms. The lowest BCUT2D eigenvalue weighted by molar-refractivity contribution is -0.122. The van der Waals surface area contributed by atoms with E-state index in [-0.39, 0.29) is 17.1 Å². The van der Waals surface area contributed by atoms with Crippen LogP contribution in [-0.2, 0) is 9.59 Å². The number of ether oxygens (including phenoxy) is 2. The molecule has 1 aliphatic rings. The molecule has 0 spiro atoms. The van der Waals surface area contributed by atoms with Crippen molar-refractivity contribution in [3.63, 3.8) is 0 Å². The molecule has 0 aromatic heterocycles. The van der Waals surface area contributed by atoms with E-state index in [9.17, 15) is 19.2 Å².